The third kappa shape index (κ3) is 8.67. The largest absolute Gasteiger partial charge is 0.448 e. The number of rotatable bonds is 16. The van der Waals surface area contributed by atoms with Gasteiger partial charge in [0.05, 0.1) is 0 Å². The highest BCUT2D eigenvalue weighted by molar-refractivity contribution is 8.00. The summed E-state index contributed by atoms with van der Waals surface area (Å²) in [6, 6.07) is 20.5. The monoisotopic (exact) mass is 774 g/mol. The molecule has 1 fully saturated rings. The van der Waals surface area contributed by atoms with Crippen LogP contribution in [-0.4, -0.2) is 70.0 Å². The van der Waals surface area contributed by atoms with Crippen molar-refractivity contribution in [2.75, 3.05) is 16.4 Å². The van der Waals surface area contributed by atoms with E-state index in [-0.39, 0.29) is 22.3 Å². The van der Waals surface area contributed by atoms with Gasteiger partial charge in [0, 0.05) is 17.2 Å². The van der Waals surface area contributed by atoms with Crippen LogP contribution in [0.4, 0.5) is 19.6 Å². The topological polar surface area (TPSA) is 172 Å². The Morgan fingerprint density at radius 1 is 1.02 bits per heavy atom. The zero-order chi connectivity index (χ0) is 38.0. The number of carbonyl (C=O) groups is 5. The lowest BCUT2D eigenvalue weighted by Crippen LogP contribution is -2.71. The second-order valence-electron chi connectivity index (χ2n) is 11.4. The van der Waals surface area contributed by atoms with E-state index in [0.717, 1.165) is 11.3 Å². The van der Waals surface area contributed by atoms with Crippen molar-refractivity contribution >= 4 is 70.2 Å². The fourth-order valence-corrected chi connectivity index (χ4v) is 7.59. The number of nitrogens with zero attached hydrogens (tertiary/aromatic N) is 4. The molecular weight excluding hydrogens is 745 g/mol. The third-order valence-corrected chi connectivity index (χ3v) is 10.1. The number of aromatic nitrogens is 2. The fraction of sp³-hybridized carbons (Fsp3) is 0.167. The molecule has 2 aromatic carbocycles. The average molecular weight is 775 g/mol. The number of ether oxygens (including phenoxy) is 1. The quantitative estimate of drug-likeness (QED) is 0.0383. The molecule has 2 aliphatic rings. The third-order valence-electron chi connectivity index (χ3n) is 7.99. The van der Waals surface area contributed by atoms with E-state index in [2.05, 4.69) is 30.9 Å². The highest BCUT2D eigenvalue weighted by Gasteiger charge is 2.54. The van der Waals surface area contributed by atoms with Gasteiger partial charge in [-0.05, 0) is 28.8 Å². The minimum atomic E-state index is -3.36. The molecule has 18 heteroatoms. The van der Waals surface area contributed by atoms with E-state index >= 15 is 0 Å². The van der Waals surface area contributed by atoms with Crippen molar-refractivity contribution in [3.05, 3.63) is 131 Å². The number of hydrogen-bond acceptors (Lipinski definition) is 11. The number of pyridine rings is 1. The number of anilines is 2. The van der Waals surface area contributed by atoms with Gasteiger partial charge in [-0.1, -0.05) is 71.9 Å². The van der Waals surface area contributed by atoms with Crippen LogP contribution in [0.2, 0.25) is 0 Å². The normalized spacial score (nSPS) is 16.9. The first kappa shape index (κ1) is 37.5. The van der Waals surface area contributed by atoms with Gasteiger partial charge in [-0.15, -0.1) is 23.1 Å². The Labute approximate surface area is 314 Å². The second kappa shape index (κ2) is 17.5. The fourth-order valence-electron chi connectivity index (χ4n) is 5.62. The van der Waals surface area contributed by atoms with Crippen LogP contribution < -0.4 is 20.5 Å². The van der Waals surface area contributed by atoms with Crippen LogP contribution in [0.25, 0.3) is 0 Å². The number of halogens is 2. The van der Waals surface area contributed by atoms with Gasteiger partial charge in [0.2, 0.25) is 12.8 Å². The second-order valence-corrected chi connectivity index (χ2v) is 13.4. The number of benzene rings is 2. The summed E-state index contributed by atoms with van der Waals surface area (Å²) in [5.74, 6) is -2.27. The predicted octanol–water partition coefficient (Wildman–Crippen LogP) is 3.75. The molecular formula is C36H30F2N7O7S2+. The SMILES string of the molecule is O=CNc1ccc[n+](CC=CC2=C(C(=O)OC(c3ccccc3)c3ccccc3)N3C(=O)[C@@H](NC(=O)C(=NOC(F)F)c4csc(NC=O)n4)[C@@H]3SC2)c1. The van der Waals surface area contributed by atoms with E-state index in [0.29, 0.717) is 41.8 Å². The Morgan fingerprint density at radius 2 is 1.72 bits per heavy atom. The summed E-state index contributed by atoms with van der Waals surface area (Å²) in [4.78, 5) is 72.6. The summed E-state index contributed by atoms with van der Waals surface area (Å²) in [6.45, 7) is -3.01. The van der Waals surface area contributed by atoms with Gasteiger partial charge >= 0.3 is 12.6 Å². The van der Waals surface area contributed by atoms with E-state index in [1.54, 1.807) is 41.2 Å². The summed E-state index contributed by atoms with van der Waals surface area (Å²) in [5.41, 5.74) is 1.59. The molecule has 4 amide bonds. The van der Waals surface area contributed by atoms with E-state index in [1.165, 1.54) is 22.0 Å². The number of esters is 1. The Balaban J connectivity index is 1.29. The first-order valence-electron chi connectivity index (χ1n) is 16.1. The number of oxime groups is 1. The molecule has 2 aromatic heterocycles. The van der Waals surface area contributed by atoms with Gasteiger partial charge in [0.1, 0.15) is 28.5 Å². The Morgan fingerprint density at radius 3 is 2.39 bits per heavy atom. The molecule has 0 radical (unpaired) electrons. The molecule has 6 rings (SSSR count). The molecule has 4 aromatic rings. The molecule has 1 saturated heterocycles. The maximum Gasteiger partial charge on any atom is 0.407 e. The number of fused-ring (bicyclic) bond motifs is 1. The van der Waals surface area contributed by atoms with Gasteiger partial charge in [-0.25, -0.2) is 9.78 Å². The van der Waals surface area contributed by atoms with Gasteiger partial charge < -0.3 is 25.5 Å². The standard InChI is InChI=1S/C36H29F2N7O7S2/c37-35(38)52-43-27(26-19-54-36(41-26)40-21-47)31(48)42-28-32(49)45-29(34(50)51-30(22-9-3-1-4-10-22)23-11-5-2-6-12-23)24(18-53-33(28)45)13-7-15-44-16-8-14-25(17-44)39-20-46/h1-14,16-17,19-21,28,30,33,35H,15,18H2,(H2-,39,40,41,42,46,47,48)/p+1/t28-,33+/m1/s1. The van der Waals surface area contributed by atoms with Crippen molar-refractivity contribution in [2.45, 2.75) is 30.7 Å². The summed E-state index contributed by atoms with van der Waals surface area (Å²) < 4.78 is 33.9. The molecule has 14 nitrogen and oxygen atoms in total. The van der Waals surface area contributed by atoms with Crippen LogP contribution in [0.15, 0.2) is 119 Å². The van der Waals surface area contributed by atoms with Gasteiger partial charge in [-0.2, -0.15) is 13.3 Å². The lowest BCUT2D eigenvalue weighted by Gasteiger charge is -2.49. The first-order chi connectivity index (χ1) is 26.3. The van der Waals surface area contributed by atoms with Crippen molar-refractivity contribution in [2.24, 2.45) is 5.16 Å². The highest BCUT2D eigenvalue weighted by atomic mass is 32.2. The lowest BCUT2D eigenvalue weighted by atomic mass is 10.0. The summed E-state index contributed by atoms with van der Waals surface area (Å²) >= 11 is 2.17. The van der Waals surface area contributed by atoms with E-state index in [4.69, 9.17) is 4.74 Å². The summed E-state index contributed by atoms with van der Waals surface area (Å²) in [6.07, 6.45) is 7.11. The minimum absolute atomic E-state index is 0.0252. The zero-order valence-corrected chi connectivity index (χ0v) is 29.5. The van der Waals surface area contributed by atoms with E-state index in [9.17, 15) is 32.8 Å². The molecule has 0 unspecified atom stereocenters. The van der Waals surface area contributed by atoms with Crippen molar-refractivity contribution in [3.63, 3.8) is 0 Å². The molecule has 3 N–H and O–H groups in total. The lowest BCUT2D eigenvalue weighted by molar-refractivity contribution is -0.686. The number of allylic oxidation sites excluding steroid dienone is 2. The Bertz CT molecular complexity index is 2080. The molecule has 2 aliphatic heterocycles. The highest BCUT2D eigenvalue weighted by Crippen LogP contribution is 2.42. The summed E-state index contributed by atoms with van der Waals surface area (Å²) in [5, 5.41) is 11.2. The van der Waals surface area contributed by atoms with Gasteiger partial charge in [0.15, 0.2) is 35.9 Å². The maximum atomic E-state index is 14.3. The first-order valence-corrected chi connectivity index (χ1v) is 18.0. The minimum Gasteiger partial charge on any atom is -0.448 e. The molecule has 4 heterocycles. The van der Waals surface area contributed by atoms with Crippen LogP contribution >= 0.6 is 23.1 Å². The van der Waals surface area contributed by atoms with Crippen LogP contribution in [0.1, 0.15) is 22.9 Å². The Hall–Kier alpha value is -6.27. The number of thioether (sulfide) groups is 1. The number of carbonyl (C=O) groups excluding carboxylic acids is 5. The number of alkyl halides is 2. The number of amides is 4. The molecule has 2 atom stereocenters. The number of hydrogen-bond donors (Lipinski definition) is 3. The van der Waals surface area contributed by atoms with Crippen molar-refractivity contribution in [1.29, 1.82) is 0 Å². The van der Waals surface area contributed by atoms with Crippen molar-refractivity contribution < 1.29 is 46.9 Å². The maximum absolute atomic E-state index is 14.3. The molecule has 0 spiro atoms. The molecule has 54 heavy (non-hydrogen) atoms. The molecule has 0 bridgehead atoms. The number of thiazole rings is 1. The van der Waals surface area contributed by atoms with Crippen LogP contribution in [0, 0.1) is 0 Å². The Kier molecular flexibility index (Phi) is 12.1. The van der Waals surface area contributed by atoms with Gasteiger partial charge in [0.25, 0.3) is 11.8 Å². The van der Waals surface area contributed by atoms with Crippen LogP contribution in [0.5, 0.6) is 0 Å². The zero-order valence-electron chi connectivity index (χ0n) is 27.9. The smallest absolute Gasteiger partial charge is 0.407 e. The predicted molar refractivity (Wildman–Crippen MR) is 194 cm³/mol. The van der Waals surface area contributed by atoms with Crippen LogP contribution in [-0.2, 0) is 40.1 Å². The van der Waals surface area contributed by atoms with Crippen LogP contribution in [0.3, 0.4) is 0 Å². The van der Waals surface area contributed by atoms with Crippen molar-refractivity contribution in [3.8, 4) is 0 Å². The number of nitrogens with one attached hydrogen (secondary N) is 3. The average Bonchev–Trinajstić information content (AvgIpc) is 3.64. The van der Waals surface area contributed by atoms with Crippen molar-refractivity contribution in [1.82, 2.24) is 15.2 Å². The summed E-state index contributed by atoms with van der Waals surface area (Å²) in [7, 11) is 0. The molecule has 0 saturated carbocycles. The molecule has 276 valence electrons. The van der Waals surface area contributed by atoms with E-state index in [1.807, 2.05) is 60.7 Å². The number of β-lactam (4-membered cyclic amide) rings is 1. The van der Waals surface area contributed by atoms with E-state index < -0.39 is 47.6 Å². The van der Waals surface area contributed by atoms with Gasteiger partial charge in [-0.3, -0.25) is 24.1 Å². The molecule has 0 aliphatic carbocycles.